The van der Waals surface area contributed by atoms with E-state index in [4.69, 9.17) is 4.74 Å². The first-order valence-electron chi connectivity index (χ1n) is 9.83. The van der Waals surface area contributed by atoms with Gasteiger partial charge in [0.25, 0.3) is 0 Å². The predicted molar refractivity (Wildman–Crippen MR) is 100.0 cm³/mol. The quantitative estimate of drug-likeness (QED) is 0.654. The number of hydrogen-bond acceptors (Lipinski definition) is 3. The van der Waals surface area contributed by atoms with Gasteiger partial charge in [-0.15, -0.1) is 11.8 Å². The summed E-state index contributed by atoms with van der Waals surface area (Å²) in [5.74, 6) is 3.69. The van der Waals surface area contributed by atoms with Crippen molar-refractivity contribution in [1.29, 1.82) is 0 Å². The molecule has 3 fully saturated rings. The number of fused-ring (bicyclic) bond motifs is 5. The van der Waals surface area contributed by atoms with Crippen LogP contribution >= 0.6 is 11.8 Å². The van der Waals surface area contributed by atoms with Crippen LogP contribution in [0.2, 0.25) is 0 Å². The van der Waals surface area contributed by atoms with Crippen LogP contribution in [-0.2, 0) is 9.53 Å². The van der Waals surface area contributed by atoms with Crippen molar-refractivity contribution >= 4 is 17.5 Å². The van der Waals surface area contributed by atoms with Gasteiger partial charge in [-0.05, 0) is 85.9 Å². The third kappa shape index (κ3) is 2.45. The van der Waals surface area contributed by atoms with Crippen LogP contribution in [0.3, 0.4) is 0 Å². The molecule has 3 heteroatoms. The molecule has 0 heterocycles. The Hall–Kier alpha value is -0.280. The van der Waals surface area contributed by atoms with Crippen molar-refractivity contribution in [2.45, 2.75) is 71.3 Å². The van der Waals surface area contributed by atoms with Gasteiger partial charge < -0.3 is 4.74 Å². The van der Waals surface area contributed by atoms with Gasteiger partial charge in [0.2, 0.25) is 0 Å². The molecule has 0 N–H and O–H groups in total. The number of allylic oxidation sites excluding steroid dienone is 1. The van der Waals surface area contributed by atoms with E-state index in [1.54, 1.807) is 11.8 Å². The summed E-state index contributed by atoms with van der Waals surface area (Å²) < 4.78 is 6.26. The second-order valence-corrected chi connectivity index (χ2v) is 9.97. The molecule has 0 radical (unpaired) electrons. The van der Waals surface area contributed by atoms with E-state index in [0.717, 1.165) is 43.0 Å². The Morgan fingerprint density at radius 1 is 1.12 bits per heavy atom. The summed E-state index contributed by atoms with van der Waals surface area (Å²) >= 11 is 1.80. The molecule has 134 valence electrons. The molecule has 0 amide bonds. The summed E-state index contributed by atoms with van der Waals surface area (Å²) in [6.45, 7) is 4.99. The third-order valence-corrected chi connectivity index (χ3v) is 8.63. The van der Waals surface area contributed by atoms with E-state index in [1.165, 1.54) is 37.7 Å². The molecule has 4 aliphatic carbocycles. The van der Waals surface area contributed by atoms with Gasteiger partial charge in [-0.25, -0.2) is 0 Å². The molecule has 4 aliphatic rings. The van der Waals surface area contributed by atoms with E-state index in [2.05, 4.69) is 20.1 Å². The molecule has 2 nitrogen and oxygen atoms in total. The van der Waals surface area contributed by atoms with Crippen molar-refractivity contribution in [2.75, 3.05) is 12.2 Å². The minimum absolute atomic E-state index is 0.302. The van der Waals surface area contributed by atoms with Crippen molar-refractivity contribution in [3.05, 3.63) is 11.6 Å². The largest absolute Gasteiger partial charge is 0.367 e. The highest BCUT2D eigenvalue weighted by Gasteiger charge is 2.59. The van der Waals surface area contributed by atoms with Crippen molar-refractivity contribution in [1.82, 2.24) is 0 Å². The summed E-state index contributed by atoms with van der Waals surface area (Å²) in [5, 5.41) is 0. The number of rotatable bonds is 3. The fraction of sp³-hybridized carbons (Fsp3) is 0.857. The fourth-order valence-corrected chi connectivity index (χ4v) is 7.24. The minimum Gasteiger partial charge on any atom is -0.367 e. The smallest absolute Gasteiger partial charge is 0.155 e. The lowest BCUT2D eigenvalue weighted by molar-refractivity contribution is -0.118. The van der Waals surface area contributed by atoms with Crippen LogP contribution in [-0.4, -0.2) is 24.1 Å². The molecular formula is C21H32O2S. The van der Waals surface area contributed by atoms with Crippen LogP contribution in [0.25, 0.3) is 0 Å². The number of carbonyl (C=O) groups is 1. The normalized spacial score (nSPS) is 47.6. The molecule has 4 unspecified atom stereocenters. The Kier molecular flexibility index (Phi) is 4.40. The van der Waals surface area contributed by atoms with Crippen molar-refractivity contribution in [2.24, 2.45) is 28.6 Å². The maximum atomic E-state index is 11.9. The van der Waals surface area contributed by atoms with Crippen molar-refractivity contribution < 1.29 is 9.53 Å². The summed E-state index contributed by atoms with van der Waals surface area (Å²) in [5.41, 5.74) is 2.17. The van der Waals surface area contributed by atoms with Gasteiger partial charge in [-0.3, -0.25) is 4.79 Å². The van der Waals surface area contributed by atoms with E-state index >= 15 is 0 Å². The molecule has 4 rings (SSSR count). The highest BCUT2D eigenvalue weighted by molar-refractivity contribution is 7.98. The number of ether oxygens (including phenoxy) is 1. The first-order valence-corrected chi connectivity index (χ1v) is 11.2. The molecule has 0 spiro atoms. The zero-order valence-electron chi connectivity index (χ0n) is 15.5. The average molecular weight is 349 g/mol. The summed E-state index contributed by atoms with van der Waals surface area (Å²) in [7, 11) is 0. The number of hydrogen-bond donors (Lipinski definition) is 0. The Balaban J connectivity index is 1.59. The summed E-state index contributed by atoms with van der Waals surface area (Å²) in [6, 6.07) is 0. The second-order valence-electron chi connectivity index (χ2n) is 9.15. The molecule has 0 aromatic heterocycles. The van der Waals surface area contributed by atoms with Gasteiger partial charge in [0.15, 0.2) is 5.78 Å². The Labute approximate surface area is 151 Å². The summed E-state index contributed by atoms with van der Waals surface area (Å²) in [6.07, 6.45) is 14.2. The molecule has 0 saturated heterocycles. The average Bonchev–Trinajstić information content (AvgIpc) is 2.90. The van der Waals surface area contributed by atoms with Crippen LogP contribution < -0.4 is 0 Å². The lowest BCUT2D eigenvalue weighted by Gasteiger charge is -2.58. The minimum atomic E-state index is 0.302. The van der Waals surface area contributed by atoms with Crippen molar-refractivity contribution in [3.63, 3.8) is 0 Å². The standard InChI is InChI=1S/C21H32O2S/c1-20-10-8-15(22)12-14(20)4-5-16-17-6-7-19(23-13-24-3)21(17,2)11-9-18(16)20/h12,16-19H,4-11,13H2,1-3H3/t16?,17-,18-,19?,20?,21?/m0/s1. The Morgan fingerprint density at radius 3 is 2.75 bits per heavy atom. The van der Waals surface area contributed by atoms with Gasteiger partial charge in [0, 0.05) is 6.42 Å². The van der Waals surface area contributed by atoms with Gasteiger partial charge >= 0.3 is 0 Å². The topological polar surface area (TPSA) is 26.3 Å². The lowest BCUT2D eigenvalue weighted by Crippen LogP contribution is -2.51. The highest BCUT2D eigenvalue weighted by atomic mass is 32.2. The van der Waals surface area contributed by atoms with Crippen LogP contribution in [0.4, 0.5) is 0 Å². The molecule has 24 heavy (non-hydrogen) atoms. The maximum absolute atomic E-state index is 11.9. The highest BCUT2D eigenvalue weighted by Crippen LogP contribution is 2.65. The van der Waals surface area contributed by atoms with E-state index in [1.807, 2.05) is 6.08 Å². The first kappa shape index (κ1) is 17.1. The molecule has 0 aliphatic heterocycles. The Morgan fingerprint density at radius 2 is 1.96 bits per heavy atom. The zero-order valence-corrected chi connectivity index (χ0v) is 16.3. The molecule has 0 aromatic rings. The molecule has 0 bridgehead atoms. The van der Waals surface area contributed by atoms with E-state index < -0.39 is 0 Å². The summed E-state index contributed by atoms with van der Waals surface area (Å²) in [4.78, 5) is 11.9. The van der Waals surface area contributed by atoms with E-state index in [-0.39, 0.29) is 0 Å². The number of thioether (sulfide) groups is 1. The van der Waals surface area contributed by atoms with Crippen LogP contribution in [0.15, 0.2) is 11.6 Å². The van der Waals surface area contributed by atoms with Gasteiger partial charge in [-0.2, -0.15) is 0 Å². The van der Waals surface area contributed by atoms with Gasteiger partial charge in [0.1, 0.15) is 0 Å². The Bertz CT molecular complexity index is 556. The molecule has 6 atom stereocenters. The molecule has 0 aromatic carbocycles. The number of ketones is 1. The predicted octanol–water partition coefficient (Wildman–Crippen LogP) is 5.22. The molecular weight excluding hydrogens is 316 g/mol. The van der Waals surface area contributed by atoms with E-state index in [0.29, 0.717) is 22.7 Å². The third-order valence-electron chi connectivity index (χ3n) is 8.26. The van der Waals surface area contributed by atoms with Gasteiger partial charge in [-0.1, -0.05) is 19.4 Å². The lowest BCUT2D eigenvalue weighted by atomic mass is 9.47. The van der Waals surface area contributed by atoms with Gasteiger partial charge in [0.05, 0.1) is 12.0 Å². The monoisotopic (exact) mass is 348 g/mol. The van der Waals surface area contributed by atoms with Crippen molar-refractivity contribution in [3.8, 4) is 0 Å². The SMILES string of the molecule is CSCOC1CC[C@H]2C3CCC4=CC(=O)CCC4(C)[C@H]3CCC12C. The second kappa shape index (κ2) is 6.16. The van der Waals surface area contributed by atoms with E-state index in [9.17, 15) is 4.79 Å². The van der Waals surface area contributed by atoms with Crippen LogP contribution in [0.1, 0.15) is 65.2 Å². The fourth-order valence-electron chi connectivity index (χ4n) is 6.94. The molecule has 3 saturated carbocycles. The van der Waals surface area contributed by atoms with Crippen LogP contribution in [0, 0.1) is 28.6 Å². The zero-order chi connectivity index (χ0) is 16.9. The van der Waals surface area contributed by atoms with Crippen LogP contribution in [0.5, 0.6) is 0 Å². The number of carbonyl (C=O) groups excluding carboxylic acids is 1. The maximum Gasteiger partial charge on any atom is 0.155 e. The first-order chi connectivity index (χ1) is 11.5.